The number of aryl methyl sites for hydroxylation is 1. The number of hydrogen-bond donors (Lipinski definition) is 1. The smallest absolute Gasteiger partial charge is 0.180 e. The molecular formula is C18H22ClNO2. The van der Waals surface area contributed by atoms with E-state index in [-0.39, 0.29) is 0 Å². The number of halogens is 1. The minimum Gasteiger partial charge on any atom is -0.493 e. The molecule has 0 aliphatic heterocycles. The van der Waals surface area contributed by atoms with Crippen molar-refractivity contribution in [3.05, 3.63) is 58.1 Å². The first-order chi connectivity index (χ1) is 10.7. The Balaban J connectivity index is 2.18. The highest BCUT2D eigenvalue weighted by molar-refractivity contribution is 6.32. The Hall–Kier alpha value is -1.71. The number of hydrogen-bond acceptors (Lipinski definition) is 3. The fraction of sp³-hybridized carbons (Fsp3) is 0.333. The van der Waals surface area contributed by atoms with Gasteiger partial charge < -0.3 is 14.8 Å². The molecule has 0 aromatic heterocycles. The van der Waals surface area contributed by atoms with Crippen LogP contribution in [-0.2, 0) is 13.2 Å². The highest BCUT2D eigenvalue weighted by Crippen LogP contribution is 2.37. The van der Waals surface area contributed by atoms with E-state index in [9.17, 15) is 0 Å². The van der Waals surface area contributed by atoms with Crippen molar-refractivity contribution in [2.45, 2.75) is 27.0 Å². The Morgan fingerprint density at radius 1 is 1.18 bits per heavy atom. The molecule has 0 fully saturated rings. The van der Waals surface area contributed by atoms with E-state index >= 15 is 0 Å². The van der Waals surface area contributed by atoms with Gasteiger partial charge in [0.25, 0.3) is 0 Å². The zero-order chi connectivity index (χ0) is 15.9. The number of rotatable bonds is 7. The Bertz CT molecular complexity index is 628. The van der Waals surface area contributed by atoms with Gasteiger partial charge in [0.1, 0.15) is 6.61 Å². The average molecular weight is 320 g/mol. The second kappa shape index (κ2) is 8.06. The third kappa shape index (κ3) is 4.15. The van der Waals surface area contributed by atoms with Crippen molar-refractivity contribution in [2.24, 2.45) is 0 Å². The van der Waals surface area contributed by atoms with Gasteiger partial charge in [0.15, 0.2) is 11.5 Å². The Labute approximate surface area is 137 Å². The fourth-order valence-electron chi connectivity index (χ4n) is 2.21. The molecule has 0 saturated heterocycles. The lowest BCUT2D eigenvalue weighted by Crippen LogP contribution is -2.12. The van der Waals surface area contributed by atoms with Crippen LogP contribution in [0.3, 0.4) is 0 Å². The SMILES string of the molecule is CCNCc1cc(Cl)c(OCc2ccccc2C)c(OC)c1. The molecule has 0 aliphatic rings. The maximum atomic E-state index is 6.37. The monoisotopic (exact) mass is 319 g/mol. The van der Waals surface area contributed by atoms with Gasteiger partial charge in [-0.05, 0) is 42.3 Å². The molecule has 0 saturated carbocycles. The number of benzene rings is 2. The Morgan fingerprint density at radius 3 is 2.64 bits per heavy atom. The fourth-order valence-corrected chi connectivity index (χ4v) is 2.49. The molecule has 0 heterocycles. The molecular weight excluding hydrogens is 298 g/mol. The summed E-state index contributed by atoms with van der Waals surface area (Å²) in [7, 11) is 1.63. The Morgan fingerprint density at radius 2 is 1.95 bits per heavy atom. The van der Waals surface area contributed by atoms with E-state index in [0.29, 0.717) is 23.1 Å². The molecule has 0 bridgehead atoms. The summed E-state index contributed by atoms with van der Waals surface area (Å²) in [6.07, 6.45) is 0. The molecule has 2 rings (SSSR count). The van der Waals surface area contributed by atoms with E-state index in [1.54, 1.807) is 7.11 Å². The standard InChI is InChI=1S/C18H22ClNO2/c1-4-20-11-14-9-16(19)18(17(10-14)21-3)22-12-15-8-6-5-7-13(15)2/h5-10,20H,4,11-12H2,1-3H3. The first-order valence-electron chi connectivity index (χ1n) is 7.40. The van der Waals surface area contributed by atoms with Crippen LogP contribution in [0.15, 0.2) is 36.4 Å². The van der Waals surface area contributed by atoms with Crippen molar-refractivity contribution in [1.82, 2.24) is 5.32 Å². The summed E-state index contributed by atoms with van der Waals surface area (Å²) in [5.41, 5.74) is 3.41. The quantitative estimate of drug-likeness (QED) is 0.823. The van der Waals surface area contributed by atoms with Gasteiger partial charge in [-0.2, -0.15) is 0 Å². The lowest BCUT2D eigenvalue weighted by atomic mass is 10.1. The topological polar surface area (TPSA) is 30.5 Å². The summed E-state index contributed by atoms with van der Waals surface area (Å²) in [6, 6.07) is 12.0. The first-order valence-corrected chi connectivity index (χ1v) is 7.78. The molecule has 0 atom stereocenters. The largest absolute Gasteiger partial charge is 0.493 e. The molecule has 0 radical (unpaired) electrons. The maximum Gasteiger partial charge on any atom is 0.180 e. The molecule has 4 heteroatoms. The van der Waals surface area contributed by atoms with E-state index in [2.05, 4.69) is 31.3 Å². The second-order valence-electron chi connectivity index (χ2n) is 5.10. The molecule has 0 unspecified atom stereocenters. The second-order valence-corrected chi connectivity index (χ2v) is 5.51. The molecule has 118 valence electrons. The van der Waals surface area contributed by atoms with Crippen LogP contribution in [0, 0.1) is 6.92 Å². The van der Waals surface area contributed by atoms with Crippen molar-refractivity contribution in [2.75, 3.05) is 13.7 Å². The summed E-state index contributed by atoms with van der Waals surface area (Å²) in [5, 5.41) is 3.84. The van der Waals surface area contributed by atoms with Gasteiger partial charge in [0.05, 0.1) is 12.1 Å². The molecule has 0 aliphatic carbocycles. The van der Waals surface area contributed by atoms with Gasteiger partial charge in [-0.15, -0.1) is 0 Å². The molecule has 2 aromatic rings. The minimum atomic E-state index is 0.468. The van der Waals surface area contributed by atoms with Crippen LogP contribution in [0.2, 0.25) is 5.02 Å². The van der Waals surface area contributed by atoms with Crippen molar-refractivity contribution >= 4 is 11.6 Å². The lowest BCUT2D eigenvalue weighted by Gasteiger charge is -2.15. The van der Waals surface area contributed by atoms with Gasteiger partial charge in [-0.3, -0.25) is 0 Å². The highest BCUT2D eigenvalue weighted by atomic mass is 35.5. The predicted octanol–water partition coefficient (Wildman–Crippen LogP) is 4.35. The van der Waals surface area contributed by atoms with Crippen molar-refractivity contribution < 1.29 is 9.47 Å². The van der Waals surface area contributed by atoms with Crippen LogP contribution in [0.1, 0.15) is 23.6 Å². The van der Waals surface area contributed by atoms with Crippen LogP contribution < -0.4 is 14.8 Å². The van der Waals surface area contributed by atoms with Crippen molar-refractivity contribution in [3.8, 4) is 11.5 Å². The molecule has 1 N–H and O–H groups in total. The van der Waals surface area contributed by atoms with Crippen LogP contribution in [0.4, 0.5) is 0 Å². The predicted molar refractivity (Wildman–Crippen MR) is 90.9 cm³/mol. The summed E-state index contributed by atoms with van der Waals surface area (Å²) in [4.78, 5) is 0. The zero-order valence-corrected chi connectivity index (χ0v) is 14.0. The summed E-state index contributed by atoms with van der Waals surface area (Å²) in [6.45, 7) is 6.26. The third-order valence-electron chi connectivity index (χ3n) is 3.50. The molecule has 2 aromatic carbocycles. The number of nitrogens with one attached hydrogen (secondary N) is 1. The van der Waals surface area contributed by atoms with Gasteiger partial charge in [0, 0.05) is 6.54 Å². The molecule has 22 heavy (non-hydrogen) atoms. The lowest BCUT2D eigenvalue weighted by molar-refractivity contribution is 0.284. The highest BCUT2D eigenvalue weighted by Gasteiger charge is 2.12. The average Bonchev–Trinajstić information content (AvgIpc) is 2.52. The zero-order valence-electron chi connectivity index (χ0n) is 13.3. The van der Waals surface area contributed by atoms with Crippen LogP contribution in [-0.4, -0.2) is 13.7 Å². The van der Waals surface area contributed by atoms with Gasteiger partial charge in [0.2, 0.25) is 0 Å². The van der Waals surface area contributed by atoms with E-state index in [1.807, 2.05) is 24.3 Å². The van der Waals surface area contributed by atoms with Gasteiger partial charge in [-0.1, -0.05) is 42.8 Å². The van der Waals surface area contributed by atoms with E-state index in [1.165, 1.54) is 5.56 Å². The van der Waals surface area contributed by atoms with Crippen molar-refractivity contribution in [3.63, 3.8) is 0 Å². The normalized spacial score (nSPS) is 10.5. The van der Waals surface area contributed by atoms with Gasteiger partial charge in [-0.25, -0.2) is 0 Å². The van der Waals surface area contributed by atoms with Crippen molar-refractivity contribution in [1.29, 1.82) is 0 Å². The van der Waals surface area contributed by atoms with Crippen LogP contribution in [0.25, 0.3) is 0 Å². The third-order valence-corrected chi connectivity index (χ3v) is 3.78. The summed E-state index contributed by atoms with van der Waals surface area (Å²) < 4.78 is 11.3. The molecule has 0 spiro atoms. The van der Waals surface area contributed by atoms with Crippen LogP contribution in [0.5, 0.6) is 11.5 Å². The molecule has 0 amide bonds. The van der Waals surface area contributed by atoms with Crippen LogP contribution >= 0.6 is 11.6 Å². The molecule has 3 nitrogen and oxygen atoms in total. The summed E-state index contributed by atoms with van der Waals surface area (Å²) >= 11 is 6.37. The summed E-state index contributed by atoms with van der Waals surface area (Å²) in [5.74, 6) is 1.25. The first kappa shape index (κ1) is 16.7. The number of ether oxygens (including phenoxy) is 2. The number of methoxy groups -OCH3 is 1. The van der Waals surface area contributed by atoms with Gasteiger partial charge >= 0.3 is 0 Å². The van der Waals surface area contributed by atoms with E-state index < -0.39 is 0 Å². The van der Waals surface area contributed by atoms with E-state index in [4.69, 9.17) is 21.1 Å². The van der Waals surface area contributed by atoms with E-state index in [0.717, 1.165) is 24.2 Å². The Kier molecular flexibility index (Phi) is 6.10. The maximum absolute atomic E-state index is 6.37. The minimum absolute atomic E-state index is 0.468.